The molecule has 0 aliphatic carbocycles. The SMILES string of the molecule is CCNC(=O)C1CNCCN1c1ncc(C)cn1. The predicted octanol–water partition coefficient (Wildman–Crippen LogP) is -0.301. The molecule has 6 nitrogen and oxygen atoms in total. The highest BCUT2D eigenvalue weighted by molar-refractivity contribution is 5.85. The van der Waals surface area contributed by atoms with Gasteiger partial charge in [-0.2, -0.15) is 0 Å². The number of piperazine rings is 1. The van der Waals surface area contributed by atoms with E-state index in [2.05, 4.69) is 20.6 Å². The van der Waals surface area contributed by atoms with E-state index >= 15 is 0 Å². The fraction of sp³-hybridized carbons (Fsp3) is 0.583. The van der Waals surface area contributed by atoms with E-state index in [0.29, 0.717) is 19.0 Å². The molecule has 1 aromatic rings. The first-order valence-corrected chi connectivity index (χ1v) is 6.26. The van der Waals surface area contributed by atoms with Gasteiger partial charge in [-0.15, -0.1) is 0 Å². The normalized spacial score (nSPS) is 19.7. The largest absolute Gasteiger partial charge is 0.355 e. The maximum atomic E-state index is 12.0. The molecule has 18 heavy (non-hydrogen) atoms. The second-order valence-corrected chi connectivity index (χ2v) is 4.37. The second kappa shape index (κ2) is 5.77. The molecule has 98 valence electrons. The Labute approximate surface area is 107 Å². The number of nitrogens with zero attached hydrogens (tertiary/aromatic N) is 3. The fourth-order valence-corrected chi connectivity index (χ4v) is 2.00. The third kappa shape index (κ3) is 2.76. The Morgan fingerprint density at radius 1 is 1.56 bits per heavy atom. The molecule has 1 amide bonds. The van der Waals surface area contributed by atoms with Crippen molar-refractivity contribution in [3.63, 3.8) is 0 Å². The number of anilines is 1. The first kappa shape index (κ1) is 12.8. The van der Waals surface area contributed by atoms with Crippen molar-refractivity contribution in [3.05, 3.63) is 18.0 Å². The fourth-order valence-electron chi connectivity index (χ4n) is 2.00. The molecule has 1 unspecified atom stereocenters. The molecule has 0 aromatic carbocycles. The molecule has 1 aliphatic heterocycles. The van der Waals surface area contributed by atoms with Gasteiger partial charge in [0.25, 0.3) is 0 Å². The van der Waals surface area contributed by atoms with Crippen LogP contribution in [0.15, 0.2) is 12.4 Å². The smallest absolute Gasteiger partial charge is 0.244 e. The molecule has 0 spiro atoms. The number of aryl methyl sites for hydroxylation is 1. The third-order valence-corrected chi connectivity index (χ3v) is 2.92. The first-order chi connectivity index (χ1) is 8.72. The van der Waals surface area contributed by atoms with Gasteiger partial charge in [-0.05, 0) is 19.4 Å². The van der Waals surface area contributed by atoms with Gasteiger partial charge in [0.1, 0.15) is 6.04 Å². The average molecular weight is 249 g/mol. The molecule has 0 saturated carbocycles. The van der Waals surface area contributed by atoms with E-state index in [1.54, 1.807) is 12.4 Å². The first-order valence-electron chi connectivity index (χ1n) is 6.26. The summed E-state index contributed by atoms with van der Waals surface area (Å²) in [5, 5.41) is 6.08. The monoisotopic (exact) mass is 249 g/mol. The van der Waals surface area contributed by atoms with Crippen LogP contribution in [-0.2, 0) is 4.79 Å². The zero-order valence-corrected chi connectivity index (χ0v) is 10.8. The zero-order valence-electron chi connectivity index (χ0n) is 10.8. The minimum absolute atomic E-state index is 0.0221. The highest BCUT2D eigenvalue weighted by Crippen LogP contribution is 2.13. The molecule has 1 atom stereocenters. The van der Waals surface area contributed by atoms with Crippen LogP contribution in [0, 0.1) is 6.92 Å². The molecule has 1 aliphatic rings. The van der Waals surface area contributed by atoms with Gasteiger partial charge < -0.3 is 15.5 Å². The summed E-state index contributed by atoms with van der Waals surface area (Å²) in [4.78, 5) is 22.6. The van der Waals surface area contributed by atoms with Crippen LogP contribution in [0.2, 0.25) is 0 Å². The summed E-state index contributed by atoms with van der Waals surface area (Å²) in [5.41, 5.74) is 1.02. The van der Waals surface area contributed by atoms with Crippen molar-refractivity contribution in [2.24, 2.45) is 0 Å². The van der Waals surface area contributed by atoms with Gasteiger partial charge in [-0.1, -0.05) is 0 Å². The molecule has 2 heterocycles. The van der Waals surface area contributed by atoms with Crippen LogP contribution < -0.4 is 15.5 Å². The molecule has 0 radical (unpaired) electrons. The van der Waals surface area contributed by atoms with Crippen molar-refractivity contribution in [3.8, 4) is 0 Å². The summed E-state index contributed by atoms with van der Waals surface area (Å²) in [5.74, 6) is 0.646. The Bertz CT molecular complexity index is 405. The molecular weight excluding hydrogens is 230 g/mol. The van der Waals surface area contributed by atoms with Crippen LogP contribution in [-0.4, -0.2) is 48.1 Å². The minimum Gasteiger partial charge on any atom is -0.355 e. The average Bonchev–Trinajstić information content (AvgIpc) is 2.40. The van der Waals surface area contributed by atoms with Gasteiger partial charge in [-0.3, -0.25) is 4.79 Å². The topological polar surface area (TPSA) is 70.2 Å². The number of amides is 1. The quantitative estimate of drug-likeness (QED) is 0.769. The summed E-state index contributed by atoms with van der Waals surface area (Å²) < 4.78 is 0. The van der Waals surface area contributed by atoms with Gasteiger partial charge in [-0.25, -0.2) is 9.97 Å². The number of rotatable bonds is 3. The third-order valence-electron chi connectivity index (χ3n) is 2.92. The van der Waals surface area contributed by atoms with E-state index in [-0.39, 0.29) is 11.9 Å². The number of aromatic nitrogens is 2. The van der Waals surface area contributed by atoms with Crippen LogP contribution in [0.1, 0.15) is 12.5 Å². The van der Waals surface area contributed by atoms with E-state index in [4.69, 9.17) is 0 Å². The van der Waals surface area contributed by atoms with Crippen LogP contribution in [0.25, 0.3) is 0 Å². The summed E-state index contributed by atoms with van der Waals surface area (Å²) in [6.07, 6.45) is 3.55. The van der Waals surface area contributed by atoms with Crippen LogP contribution in [0.3, 0.4) is 0 Å². The zero-order chi connectivity index (χ0) is 13.0. The highest BCUT2D eigenvalue weighted by Gasteiger charge is 2.29. The lowest BCUT2D eigenvalue weighted by Crippen LogP contribution is -2.58. The lowest BCUT2D eigenvalue weighted by molar-refractivity contribution is -0.122. The number of nitrogens with one attached hydrogen (secondary N) is 2. The Hall–Kier alpha value is -1.69. The number of hydrogen-bond acceptors (Lipinski definition) is 5. The van der Waals surface area contributed by atoms with Crippen molar-refractivity contribution in [2.75, 3.05) is 31.1 Å². The van der Waals surface area contributed by atoms with E-state index < -0.39 is 0 Å². The van der Waals surface area contributed by atoms with Crippen molar-refractivity contribution >= 4 is 11.9 Å². The number of carbonyl (C=O) groups excluding carboxylic acids is 1. The summed E-state index contributed by atoms with van der Waals surface area (Å²) in [7, 11) is 0. The molecule has 2 N–H and O–H groups in total. The summed E-state index contributed by atoms with van der Waals surface area (Å²) in [6, 6.07) is -0.235. The van der Waals surface area contributed by atoms with E-state index in [1.165, 1.54) is 0 Å². The number of carbonyl (C=O) groups is 1. The van der Waals surface area contributed by atoms with Gasteiger partial charge in [0.15, 0.2) is 0 Å². The van der Waals surface area contributed by atoms with Gasteiger partial charge >= 0.3 is 0 Å². The minimum atomic E-state index is -0.235. The van der Waals surface area contributed by atoms with Crippen LogP contribution in [0.5, 0.6) is 0 Å². The van der Waals surface area contributed by atoms with E-state index in [0.717, 1.165) is 18.7 Å². The van der Waals surface area contributed by atoms with Crippen molar-refractivity contribution < 1.29 is 4.79 Å². The predicted molar refractivity (Wildman–Crippen MR) is 69.5 cm³/mol. The molecular formula is C12H19N5O. The lowest BCUT2D eigenvalue weighted by atomic mass is 10.2. The van der Waals surface area contributed by atoms with E-state index in [1.807, 2.05) is 18.7 Å². The Morgan fingerprint density at radius 2 is 2.28 bits per heavy atom. The molecule has 1 saturated heterocycles. The maximum absolute atomic E-state index is 12.0. The Balaban J connectivity index is 2.17. The van der Waals surface area contributed by atoms with Gasteiger partial charge in [0.2, 0.25) is 11.9 Å². The van der Waals surface area contributed by atoms with Gasteiger partial charge in [0, 0.05) is 38.6 Å². The van der Waals surface area contributed by atoms with Crippen LogP contribution >= 0.6 is 0 Å². The number of likely N-dealkylation sites (N-methyl/N-ethyl adjacent to an activating group) is 1. The number of hydrogen-bond donors (Lipinski definition) is 2. The summed E-state index contributed by atoms with van der Waals surface area (Å²) in [6.45, 7) is 6.71. The summed E-state index contributed by atoms with van der Waals surface area (Å²) >= 11 is 0. The van der Waals surface area contributed by atoms with Crippen molar-refractivity contribution in [1.82, 2.24) is 20.6 Å². The Kier molecular flexibility index (Phi) is 4.09. The Morgan fingerprint density at radius 3 is 2.94 bits per heavy atom. The van der Waals surface area contributed by atoms with Gasteiger partial charge in [0.05, 0.1) is 0 Å². The lowest BCUT2D eigenvalue weighted by Gasteiger charge is -2.35. The molecule has 0 bridgehead atoms. The maximum Gasteiger partial charge on any atom is 0.244 e. The highest BCUT2D eigenvalue weighted by atomic mass is 16.2. The molecule has 1 aromatic heterocycles. The van der Waals surface area contributed by atoms with Crippen molar-refractivity contribution in [1.29, 1.82) is 0 Å². The molecule has 1 fully saturated rings. The van der Waals surface area contributed by atoms with Crippen LogP contribution in [0.4, 0.5) is 5.95 Å². The standard InChI is InChI=1S/C12H19N5O/c1-3-14-11(18)10-8-13-4-5-17(10)12-15-6-9(2)7-16-12/h6-7,10,13H,3-5,8H2,1-2H3,(H,14,18). The molecule has 6 heteroatoms. The van der Waals surface area contributed by atoms with Crippen molar-refractivity contribution in [2.45, 2.75) is 19.9 Å². The second-order valence-electron chi connectivity index (χ2n) is 4.37. The molecule has 2 rings (SSSR count). The van der Waals surface area contributed by atoms with E-state index in [9.17, 15) is 4.79 Å².